The molecule has 1 saturated heterocycles. The summed E-state index contributed by atoms with van der Waals surface area (Å²) in [6, 6.07) is 12.7. The van der Waals surface area contributed by atoms with Crippen LogP contribution in [0.15, 0.2) is 60.8 Å². The molecule has 1 atom stereocenters. The number of hydrogen-bond acceptors (Lipinski definition) is 5. The Kier molecular flexibility index (Phi) is 6.79. The van der Waals surface area contributed by atoms with Gasteiger partial charge in [0, 0.05) is 42.0 Å². The SMILES string of the molecule is OCc1cc(-c2ccccc2OC(F)(F)F)ccc1N1CCC(Oc2ccc(C(F)(F)F)cn2)C1. The topological polar surface area (TPSA) is 54.8 Å². The second kappa shape index (κ2) is 9.65. The molecule has 1 aromatic heterocycles. The van der Waals surface area contributed by atoms with Gasteiger partial charge in [0.2, 0.25) is 5.88 Å². The van der Waals surface area contributed by atoms with Crippen molar-refractivity contribution in [3.8, 4) is 22.8 Å². The van der Waals surface area contributed by atoms with Crippen LogP contribution in [-0.4, -0.2) is 35.6 Å². The number of alkyl halides is 6. The maximum absolute atomic E-state index is 12.8. The van der Waals surface area contributed by atoms with Gasteiger partial charge in [0.05, 0.1) is 18.7 Å². The monoisotopic (exact) mass is 498 g/mol. The fourth-order valence-corrected chi connectivity index (χ4v) is 3.94. The maximum Gasteiger partial charge on any atom is 0.573 e. The molecule has 1 aliphatic rings. The van der Waals surface area contributed by atoms with E-state index >= 15 is 0 Å². The quantitative estimate of drug-likeness (QED) is 0.435. The number of aliphatic hydroxyl groups excluding tert-OH is 1. The Hall–Kier alpha value is -3.47. The molecule has 2 heterocycles. The van der Waals surface area contributed by atoms with Gasteiger partial charge in [-0.3, -0.25) is 0 Å². The Labute approximate surface area is 196 Å². The predicted molar refractivity (Wildman–Crippen MR) is 115 cm³/mol. The number of pyridine rings is 1. The molecule has 4 rings (SSSR count). The van der Waals surface area contributed by atoms with Crippen LogP contribution >= 0.6 is 0 Å². The Bertz CT molecular complexity index is 1170. The van der Waals surface area contributed by atoms with Crippen molar-refractivity contribution in [3.63, 3.8) is 0 Å². The van der Waals surface area contributed by atoms with E-state index in [-0.39, 0.29) is 29.9 Å². The summed E-state index contributed by atoms with van der Waals surface area (Å²) in [7, 11) is 0. The third-order valence-corrected chi connectivity index (χ3v) is 5.51. The van der Waals surface area contributed by atoms with Crippen LogP contribution < -0.4 is 14.4 Å². The van der Waals surface area contributed by atoms with E-state index in [2.05, 4.69) is 9.72 Å². The van der Waals surface area contributed by atoms with E-state index in [0.29, 0.717) is 42.5 Å². The number of nitrogens with zero attached hydrogens (tertiary/aromatic N) is 2. The van der Waals surface area contributed by atoms with Crippen molar-refractivity contribution in [2.45, 2.75) is 31.7 Å². The number of para-hydroxylation sites is 1. The molecule has 1 fully saturated rings. The van der Waals surface area contributed by atoms with E-state index < -0.39 is 18.1 Å². The highest BCUT2D eigenvalue weighted by Crippen LogP contribution is 2.37. The van der Waals surface area contributed by atoms with E-state index in [4.69, 9.17) is 4.74 Å². The van der Waals surface area contributed by atoms with E-state index in [9.17, 15) is 31.4 Å². The highest BCUT2D eigenvalue weighted by atomic mass is 19.4. The Morgan fingerprint density at radius 2 is 1.77 bits per heavy atom. The molecule has 0 saturated carbocycles. The van der Waals surface area contributed by atoms with Gasteiger partial charge < -0.3 is 19.5 Å². The molecule has 35 heavy (non-hydrogen) atoms. The van der Waals surface area contributed by atoms with Crippen LogP contribution in [-0.2, 0) is 12.8 Å². The van der Waals surface area contributed by atoms with E-state index in [1.54, 1.807) is 24.3 Å². The van der Waals surface area contributed by atoms with Gasteiger partial charge >= 0.3 is 12.5 Å². The molecule has 0 amide bonds. The Morgan fingerprint density at radius 3 is 2.43 bits per heavy atom. The minimum atomic E-state index is -4.84. The van der Waals surface area contributed by atoms with Crippen molar-refractivity contribution in [2.75, 3.05) is 18.0 Å². The van der Waals surface area contributed by atoms with Crippen molar-refractivity contribution < 1.29 is 40.9 Å². The van der Waals surface area contributed by atoms with Crippen molar-refractivity contribution in [2.24, 2.45) is 0 Å². The molecule has 3 aromatic rings. The van der Waals surface area contributed by atoms with E-state index in [1.807, 2.05) is 4.90 Å². The number of rotatable bonds is 6. The van der Waals surface area contributed by atoms with Crippen LogP contribution in [0.3, 0.4) is 0 Å². The first kappa shape index (κ1) is 24.6. The Balaban J connectivity index is 1.49. The lowest BCUT2D eigenvalue weighted by Crippen LogP contribution is -2.25. The molecule has 0 radical (unpaired) electrons. The number of benzene rings is 2. The van der Waals surface area contributed by atoms with Gasteiger partial charge in [-0.1, -0.05) is 24.3 Å². The number of aromatic nitrogens is 1. The second-order valence-electron chi connectivity index (χ2n) is 7.90. The lowest BCUT2D eigenvalue weighted by atomic mass is 10.0. The largest absolute Gasteiger partial charge is 0.573 e. The first-order valence-corrected chi connectivity index (χ1v) is 10.6. The number of hydrogen-bond donors (Lipinski definition) is 1. The van der Waals surface area contributed by atoms with Crippen LogP contribution in [0.5, 0.6) is 11.6 Å². The molecule has 0 aliphatic carbocycles. The van der Waals surface area contributed by atoms with Crippen molar-refractivity contribution in [3.05, 3.63) is 71.9 Å². The fourth-order valence-electron chi connectivity index (χ4n) is 3.94. The number of aliphatic hydroxyl groups is 1. The zero-order valence-corrected chi connectivity index (χ0v) is 18.1. The van der Waals surface area contributed by atoms with Crippen LogP contribution in [0, 0.1) is 0 Å². The first-order chi connectivity index (χ1) is 16.5. The van der Waals surface area contributed by atoms with Gasteiger partial charge in [-0.25, -0.2) is 4.98 Å². The van der Waals surface area contributed by atoms with Gasteiger partial charge in [-0.15, -0.1) is 13.2 Å². The third kappa shape index (κ3) is 5.97. The molecule has 11 heteroatoms. The normalized spacial score (nSPS) is 16.4. The average Bonchev–Trinajstić information content (AvgIpc) is 3.26. The van der Waals surface area contributed by atoms with Crippen LogP contribution in [0.2, 0.25) is 0 Å². The van der Waals surface area contributed by atoms with Crippen LogP contribution in [0.4, 0.5) is 32.0 Å². The minimum absolute atomic E-state index is 0.0730. The lowest BCUT2D eigenvalue weighted by molar-refractivity contribution is -0.274. The molecule has 2 aromatic carbocycles. The Morgan fingerprint density at radius 1 is 1.00 bits per heavy atom. The summed E-state index contributed by atoms with van der Waals surface area (Å²) in [5, 5.41) is 9.93. The summed E-state index contributed by atoms with van der Waals surface area (Å²) in [4.78, 5) is 5.66. The molecule has 1 unspecified atom stereocenters. The highest BCUT2D eigenvalue weighted by molar-refractivity contribution is 5.74. The smallest absolute Gasteiger partial charge is 0.472 e. The highest BCUT2D eigenvalue weighted by Gasteiger charge is 2.33. The molecule has 0 bridgehead atoms. The first-order valence-electron chi connectivity index (χ1n) is 10.6. The summed E-state index contributed by atoms with van der Waals surface area (Å²) in [5.41, 5.74) is 0.975. The molecule has 5 nitrogen and oxygen atoms in total. The van der Waals surface area contributed by atoms with Gasteiger partial charge in [0.1, 0.15) is 11.9 Å². The molecule has 0 spiro atoms. The molecule has 1 aliphatic heterocycles. The van der Waals surface area contributed by atoms with Gasteiger partial charge in [-0.05, 0) is 29.8 Å². The second-order valence-corrected chi connectivity index (χ2v) is 7.90. The predicted octanol–water partition coefficient (Wildman–Crippen LogP) is 5.82. The van der Waals surface area contributed by atoms with E-state index in [0.717, 1.165) is 6.07 Å². The molecule has 1 N–H and O–H groups in total. The third-order valence-electron chi connectivity index (χ3n) is 5.51. The summed E-state index contributed by atoms with van der Waals surface area (Å²) in [5.74, 6) is -0.279. The lowest BCUT2D eigenvalue weighted by Gasteiger charge is -2.23. The zero-order chi connectivity index (χ0) is 25.2. The van der Waals surface area contributed by atoms with Gasteiger partial charge in [-0.2, -0.15) is 13.2 Å². The van der Waals surface area contributed by atoms with Crippen molar-refractivity contribution in [1.29, 1.82) is 0 Å². The molecular weight excluding hydrogens is 478 g/mol. The van der Waals surface area contributed by atoms with Crippen molar-refractivity contribution in [1.82, 2.24) is 4.98 Å². The van der Waals surface area contributed by atoms with Gasteiger partial charge in [0.15, 0.2) is 0 Å². The van der Waals surface area contributed by atoms with Crippen molar-refractivity contribution >= 4 is 5.69 Å². The number of anilines is 1. The average molecular weight is 498 g/mol. The fraction of sp³-hybridized carbons (Fsp3) is 0.292. The number of ether oxygens (including phenoxy) is 2. The van der Waals surface area contributed by atoms with E-state index in [1.165, 1.54) is 24.3 Å². The maximum atomic E-state index is 12.8. The van der Waals surface area contributed by atoms with Crippen LogP contribution in [0.25, 0.3) is 11.1 Å². The minimum Gasteiger partial charge on any atom is -0.472 e. The van der Waals surface area contributed by atoms with Gasteiger partial charge in [0.25, 0.3) is 0 Å². The summed E-state index contributed by atoms with van der Waals surface area (Å²) in [6.07, 6.45) is -8.39. The van der Waals surface area contributed by atoms with Crippen LogP contribution in [0.1, 0.15) is 17.5 Å². The summed E-state index contributed by atoms with van der Waals surface area (Å²) in [6.45, 7) is 0.586. The standard InChI is InChI=1S/C24H20F6N2O3/c25-23(26,27)17-6-8-22(31-12-17)34-18-9-10-32(13-18)20-7-5-15(11-16(20)14-33)19-3-1-2-4-21(19)35-24(28,29)30/h1-8,11-12,18,33H,9-10,13-14H2. The molecular formula is C24H20F6N2O3. The number of halogens is 6. The zero-order valence-electron chi connectivity index (χ0n) is 18.1. The molecule has 186 valence electrons. The summed E-state index contributed by atoms with van der Waals surface area (Å²) < 4.78 is 86.3. The summed E-state index contributed by atoms with van der Waals surface area (Å²) >= 11 is 0.